The Bertz CT molecular complexity index is 367. The van der Waals surface area contributed by atoms with Crippen LogP contribution in [0.2, 0.25) is 0 Å². The summed E-state index contributed by atoms with van der Waals surface area (Å²) < 4.78 is 10.1. The van der Waals surface area contributed by atoms with Crippen LogP contribution in [0.4, 0.5) is 0 Å². The zero-order valence-electron chi connectivity index (χ0n) is 13.4. The van der Waals surface area contributed by atoms with Crippen LogP contribution in [0.5, 0.6) is 0 Å². The number of esters is 2. The molecular weight excluding hydrogens is 292 g/mol. The predicted molar refractivity (Wildman–Crippen MR) is 78.1 cm³/mol. The molecule has 0 radical (unpaired) electrons. The fraction of sp³-hybridized carbons (Fsp3) is 0.800. The predicted octanol–water partition coefficient (Wildman–Crippen LogP) is 1.66. The van der Waals surface area contributed by atoms with E-state index in [4.69, 9.17) is 14.6 Å². The lowest BCUT2D eigenvalue weighted by Gasteiger charge is -2.18. The summed E-state index contributed by atoms with van der Waals surface area (Å²) >= 11 is 0. The average Bonchev–Trinajstić information content (AvgIpc) is 2.36. The monoisotopic (exact) mass is 318 g/mol. The normalized spacial score (nSPS) is 14.7. The van der Waals surface area contributed by atoms with Crippen LogP contribution in [-0.2, 0) is 23.9 Å². The van der Waals surface area contributed by atoms with Crippen molar-refractivity contribution in [2.45, 2.75) is 77.6 Å². The van der Waals surface area contributed by atoms with E-state index in [-0.39, 0.29) is 19.3 Å². The first-order chi connectivity index (χ1) is 10.3. The summed E-state index contributed by atoms with van der Waals surface area (Å²) in [5.41, 5.74) is 0. The highest BCUT2D eigenvalue weighted by molar-refractivity contribution is 5.73. The fourth-order valence-corrected chi connectivity index (χ4v) is 1.88. The Morgan fingerprint density at radius 3 is 2.09 bits per heavy atom. The lowest BCUT2D eigenvalue weighted by Crippen LogP contribution is -2.26. The molecule has 22 heavy (non-hydrogen) atoms. The van der Waals surface area contributed by atoms with E-state index in [1.807, 2.05) is 6.92 Å². The maximum absolute atomic E-state index is 11.7. The van der Waals surface area contributed by atoms with Gasteiger partial charge in [-0.15, -0.1) is 0 Å². The summed E-state index contributed by atoms with van der Waals surface area (Å²) in [7, 11) is 0. The van der Waals surface area contributed by atoms with Crippen molar-refractivity contribution < 1.29 is 34.1 Å². The molecule has 0 fully saturated rings. The second-order valence-electron chi connectivity index (χ2n) is 5.27. The van der Waals surface area contributed by atoms with Crippen molar-refractivity contribution in [1.82, 2.24) is 0 Å². The third kappa shape index (κ3) is 10.1. The number of carboxylic acid groups (broad SMARTS) is 1. The van der Waals surface area contributed by atoms with Crippen LogP contribution in [0.25, 0.3) is 0 Å². The molecule has 0 aromatic heterocycles. The first kappa shape index (κ1) is 20.4. The highest BCUT2D eigenvalue weighted by Crippen LogP contribution is 2.11. The van der Waals surface area contributed by atoms with Crippen molar-refractivity contribution in [2.24, 2.45) is 0 Å². The van der Waals surface area contributed by atoms with Gasteiger partial charge in [0.25, 0.3) is 0 Å². The van der Waals surface area contributed by atoms with Crippen molar-refractivity contribution in [3.63, 3.8) is 0 Å². The molecule has 0 rings (SSSR count). The molecule has 0 aliphatic rings. The van der Waals surface area contributed by atoms with Crippen molar-refractivity contribution in [3.05, 3.63) is 0 Å². The number of hydrogen-bond acceptors (Lipinski definition) is 6. The van der Waals surface area contributed by atoms with Crippen LogP contribution in [-0.4, -0.2) is 46.4 Å². The van der Waals surface area contributed by atoms with E-state index >= 15 is 0 Å². The number of rotatable bonds is 11. The Kier molecular flexibility index (Phi) is 10.2. The second kappa shape index (κ2) is 11.0. The molecule has 0 spiro atoms. The molecule has 0 aliphatic carbocycles. The number of hydrogen-bond donors (Lipinski definition) is 2. The van der Waals surface area contributed by atoms with Gasteiger partial charge in [-0.2, -0.15) is 0 Å². The van der Waals surface area contributed by atoms with Crippen LogP contribution in [0.3, 0.4) is 0 Å². The molecule has 0 amide bonds. The molecule has 3 unspecified atom stereocenters. The first-order valence-corrected chi connectivity index (χ1v) is 7.57. The van der Waals surface area contributed by atoms with Crippen LogP contribution in [0, 0.1) is 0 Å². The number of aliphatic hydroxyl groups is 1. The minimum Gasteiger partial charge on any atom is -0.481 e. The molecule has 3 atom stereocenters. The van der Waals surface area contributed by atoms with E-state index in [1.54, 1.807) is 6.92 Å². The summed E-state index contributed by atoms with van der Waals surface area (Å²) in [6, 6.07) is 0. The van der Waals surface area contributed by atoms with Gasteiger partial charge in [0, 0.05) is 0 Å². The number of carbonyl (C=O) groups is 3. The van der Waals surface area contributed by atoms with Gasteiger partial charge in [0.15, 0.2) is 0 Å². The van der Waals surface area contributed by atoms with Crippen molar-refractivity contribution in [3.8, 4) is 0 Å². The number of carbonyl (C=O) groups excluding carboxylic acids is 2. The number of aliphatic carboxylic acids is 1. The van der Waals surface area contributed by atoms with Gasteiger partial charge >= 0.3 is 17.9 Å². The lowest BCUT2D eigenvalue weighted by molar-refractivity contribution is -0.159. The molecule has 0 aliphatic heterocycles. The minimum atomic E-state index is -1.05. The third-order valence-electron chi connectivity index (χ3n) is 2.97. The minimum absolute atomic E-state index is 0.102. The van der Waals surface area contributed by atoms with Crippen molar-refractivity contribution in [1.29, 1.82) is 0 Å². The molecule has 0 heterocycles. The molecule has 0 saturated carbocycles. The smallest absolute Gasteiger partial charge is 0.309 e. The van der Waals surface area contributed by atoms with Gasteiger partial charge in [-0.25, -0.2) is 0 Å². The topological polar surface area (TPSA) is 110 Å². The van der Waals surface area contributed by atoms with Gasteiger partial charge in [0.1, 0.15) is 12.2 Å². The maximum atomic E-state index is 11.7. The van der Waals surface area contributed by atoms with Gasteiger partial charge in [-0.1, -0.05) is 20.3 Å². The van der Waals surface area contributed by atoms with E-state index in [0.29, 0.717) is 12.8 Å². The summed E-state index contributed by atoms with van der Waals surface area (Å²) in [4.78, 5) is 33.8. The van der Waals surface area contributed by atoms with Gasteiger partial charge in [-0.05, 0) is 19.8 Å². The Morgan fingerprint density at radius 2 is 1.59 bits per heavy atom. The zero-order valence-corrected chi connectivity index (χ0v) is 13.4. The molecular formula is C15H26O7. The van der Waals surface area contributed by atoms with Gasteiger partial charge in [0.2, 0.25) is 0 Å². The molecule has 0 aromatic carbocycles. The van der Waals surface area contributed by atoms with Crippen molar-refractivity contribution >= 4 is 17.9 Å². The van der Waals surface area contributed by atoms with Crippen LogP contribution in [0.15, 0.2) is 0 Å². The van der Waals surface area contributed by atoms with Gasteiger partial charge < -0.3 is 19.7 Å². The quantitative estimate of drug-likeness (QED) is 0.557. The Labute approximate surface area is 130 Å². The summed E-state index contributed by atoms with van der Waals surface area (Å²) in [6.45, 7) is 5.15. The van der Waals surface area contributed by atoms with Gasteiger partial charge in [0.05, 0.1) is 25.4 Å². The molecule has 2 N–H and O–H groups in total. The Morgan fingerprint density at radius 1 is 1.00 bits per heavy atom. The Balaban J connectivity index is 4.21. The van der Waals surface area contributed by atoms with E-state index in [9.17, 15) is 19.5 Å². The maximum Gasteiger partial charge on any atom is 0.309 e. The van der Waals surface area contributed by atoms with E-state index in [2.05, 4.69) is 0 Å². The zero-order chi connectivity index (χ0) is 17.1. The number of carboxylic acids is 1. The molecule has 7 heteroatoms. The van der Waals surface area contributed by atoms with Crippen LogP contribution >= 0.6 is 0 Å². The third-order valence-corrected chi connectivity index (χ3v) is 2.97. The summed E-state index contributed by atoms with van der Waals surface area (Å²) in [5, 5.41) is 18.1. The highest BCUT2D eigenvalue weighted by atomic mass is 16.6. The second-order valence-corrected chi connectivity index (χ2v) is 5.27. The standard InChI is InChI=1S/C15H26O7/c1-4-6-11(16)8-14(19)22-12(5-2)9-15(20)21-10(3)7-13(17)18/h10-12,16H,4-9H2,1-3H3,(H,17,18). The van der Waals surface area contributed by atoms with E-state index in [1.165, 1.54) is 6.92 Å². The van der Waals surface area contributed by atoms with Crippen LogP contribution in [0.1, 0.15) is 59.3 Å². The SMILES string of the molecule is CCCC(O)CC(=O)OC(CC)CC(=O)OC(C)CC(=O)O. The van der Waals surface area contributed by atoms with E-state index in [0.717, 1.165) is 6.42 Å². The lowest BCUT2D eigenvalue weighted by atomic mass is 10.1. The molecule has 0 saturated heterocycles. The average molecular weight is 318 g/mol. The molecule has 0 bridgehead atoms. The largest absolute Gasteiger partial charge is 0.481 e. The summed E-state index contributed by atoms with van der Waals surface area (Å²) in [6.07, 6.45) is -0.901. The number of aliphatic hydroxyl groups excluding tert-OH is 1. The highest BCUT2D eigenvalue weighted by Gasteiger charge is 2.21. The molecule has 128 valence electrons. The number of ether oxygens (including phenoxy) is 2. The first-order valence-electron chi connectivity index (χ1n) is 7.57. The van der Waals surface area contributed by atoms with Gasteiger partial charge in [-0.3, -0.25) is 14.4 Å². The van der Waals surface area contributed by atoms with Crippen molar-refractivity contribution in [2.75, 3.05) is 0 Å². The molecule has 7 nitrogen and oxygen atoms in total. The molecule has 0 aromatic rings. The Hall–Kier alpha value is -1.63. The van der Waals surface area contributed by atoms with Crippen LogP contribution < -0.4 is 0 Å². The van der Waals surface area contributed by atoms with E-state index < -0.39 is 36.2 Å². The summed E-state index contributed by atoms with van der Waals surface area (Å²) in [5.74, 6) is -2.22. The fourth-order valence-electron chi connectivity index (χ4n) is 1.88.